The molecule has 0 spiro atoms. The van der Waals surface area contributed by atoms with E-state index in [1.54, 1.807) is 0 Å². The summed E-state index contributed by atoms with van der Waals surface area (Å²) in [6.45, 7) is 8.08. The molecule has 168 valence electrons. The molecule has 4 heteroatoms. The fourth-order valence-electron chi connectivity index (χ4n) is 4.35. The highest BCUT2D eigenvalue weighted by molar-refractivity contribution is 6.02. The number of aliphatic imine (C=N–C) groups is 2. The molecule has 1 heterocycles. The Hall–Kier alpha value is -4.18. The van der Waals surface area contributed by atoms with Crippen LogP contribution in [0.1, 0.15) is 27.7 Å². The third-order valence-electron chi connectivity index (χ3n) is 5.77. The molecule has 0 fully saturated rings. The fourth-order valence-corrected chi connectivity index (χ4v) is 4.35. The van der Waals surface area contributed by atoms with E-state index in [9.17, 15) is 0 Å². The summed E-state index contributed by atoms with van der Waals surface area (Å²) in [7, 11) is 0. The first kappa shape index (κ1) is 21.7. The van der Waals surface area contributed by atoms with E-state index in [1.165, 1.54) is 5.39 Å². The lowest BCUT2D eigenvalue weighted by Gasteiger charge is -2.28. The van der Waals surface area contributed by atoms with E-state index in [1.807, 2.05) is 39.0 Å². The van der Waals surface area contributed by atoms with Crippen LogP contribution >= 0.6 is 0 Å². The molecule has 34 heavy (non-hydrogen) atoms. The van der Waals surface area contributed by atoms with Gasteiger partial charge in [-0.25, -0.2) is 0 Å². The largest absolute Gasteiger partial charge is 0.660 e. The monoisotopic (exact) mass is 443 g/mol. The maximum atomic E-state index is 4.95. The molecule has 0 unspecified atom stereocenters. The van der Waals surface area contributed by atoms with E-state index in [2.05, 4.69) is 79.0 Å². The minimum absolute atomic E-state index is 0.849. The average molecular weight is 444 g/mol. The highest BCUT2D eigenvalue weighted by atomic mass is 15.0. The molecule has 0 saturated heterocycles. The van der Waals surface area contributed by atoms with E-state index in [0.29, 0.717) is 0 Å². The first-order valence-corrected chi connectivity index (χ1v) is 11.5. The molecule has 1 N–H and O–H groups in total. The van der Waals surface area contributed by atoms with Gasteiger partial charge in [0, 0.05) is 22.8 Å². The van der Waals surface area contributed by atoms with Crippen molar-refractivity contribution in [2.24, 2.45) is 9.98 Å². The number of nitrogens with zero attached hydrogens (tertiary/aromatic N) is 3. The summed E-state index contributed by atoms with van der Waals surface area (Å²) in [5.74, 6) is 0. The molecule has 0 aromatic heterocycles. The topological polar surface area (TPSA) is 50.9 Å². The lowest BCUT2D eigenvalue weighted by atomic mass is 10.1. The van der Waals surface area contributed by atoms with Crippen molar-refractivity contribution < 1.29 is 0 Å². The first-order chi connectivity index (χ1) is 16.4. The summed E-state index contributed by atoms with van der Waals surface area (Å²) < 4.78 is 0. The van der Waals surface area contributed by atoms with Crippen molar-refractivity contribution in [2.45, 2.75) is 27.7 Å². The van der Waals surface area contributed by atoms with Crippen LogP contribution in [0.25, 0.3) is 26.9 Å². The van der Waals surface area contributed by atoms with Gasteiger partial charge in [-0.2, -0.15) is 5.70 Å². The molecule has 0 bridgehead atoms. The van der Waals surface area contributed by atoms with Crippen LogP contribution in [0.2, 0.25) is 0 Å². The number of rotatable bonds is 0. The van der Waals surface area contributed by atoms with Crippen molar-refractivity contribution in [2.75, 3.05) is 5.32 Å². The summed E-state index contributed by atoms with van der Waals surface area (Å²) in [4.78, 5) is 9.86. The van der Waals surface area contributed by atoms with Gasteiger partial charge in [-0.1, -0.05) is 67.6 Å². The molecule has 0 saturated carbocycles. The third-order valence-corrected chi connectivity index (χ3v) is 5.77. The maximum absolute atomic E-state index is 4.95. The highest BCUT2D eigenvalue weighted by Crippen LogP contribution is 2.38. The molecule has 0 atom stereocenters. The molecule has 0 amide bonds. The predicted molar refractivity (Wildman–Crippen MR) is 148 cm³/mol. The van der Waals surface area contributed by atoms with Gasteiger partial charge in [-0.05, 0) is 66.6 Å². The number of allylic oxidation sites excluding steroid dienone is 4. The van der Waals surface area contributed by atoms with Gasteiger partial charge in [-0.15, -0.1) is 5.69 Å². The van der Waals surface area contributed by atoms with Crippen LogP contribution in [0.3, 0.4) is 0 Å². The van der Waals surface area contributed by atoms with Gasteiger partial charge >= 0.3 is 0 Å². The molecule has 1 aliphatic rings. The van der Waals surface area contributed by atoms with Gasteiger partial charge in [0.2, 0.25) is 0 Å². The van der Waals surface area contributed by atoms with Crippen molar-refractivity contribution in [1.82, 2.24) is 0 Å². The Kier molecular flexibility index (Phi) is 5.72. The zero-order chi connectivity index (χ0) is 23.7. The second-order valence-electron chi connectivity index (χ2n) is 8.76. The van der Waals surface area contributed by atoms with Crippen molar-refractivity contribution in [3.05, 3.63) is 102 Å². The Labute approximate surface area is 200 Å². The smallest absolute Gasteiger partial charge is 0.0895 e. The zero-order valence-corrected chi connectivity index (χ0v) is 19.9. The van der Waals surface area contributed by atoms with Gasteiger partial charge < -0.3 is 10.6 Å². The summed E-state index contributed by atoms with van der Waals surface area (Å²) in [6, 6.07) is 25.1. The molecule has 4 aromatic carbocycles. The molecular weight excluding hydrogens is 416 g/mol. The van der Waals surface area contributed by atoms with Crippen molar-refractivity contribution in [3.8, 4) is 0 Å². The number of nitrogens with one attached hydrogen (secondary N) is 1. The van der Waals surface area contributed by atoms with Crippen LogP contribution in [-0.2, 0) is 0 Å². The molecule has 4 aromatic rings. The fraction of sp³-hybridized carbons (Fsp3) is 0.133. The van der Waals surface area contributed by atoms with E-state index in [0.717, 1.165) is 61.7 Å². The Bertz CT molecular complexity index is 1420. The standard InChI is InChI=1S/C30H27N4/c1-19-13-20(2)32-29-17-25-11-7-8-12-26(25)18-30(29)34-22(4)14-21(3)33-28-16-24-10-6-5-9-23(24)15-27(28)31-19/h5-18,31H,1-4H3/q-1/b19-13+,21-14-,32-20?,34-22?. The van der Waals surface area contributed by atoms with Crippen LogP contribution in [-0.4, -0.2) is 11.4 Å². The van der Waals surface area contributed by atoms with Crippen LogP contribution in [0.4, 0.5) is 22.7 Å². The lowest BCUT2D eigenvalue weighted by molar-refractivity contribution is 1.36. The number of benzene rings is 4. The third kappa shape index (κ3) is 4.62. The van der Waals surface area contributed by atoms with Gasteiger partial charge in [0.25, 0.3) is 0 Å². The van der Waals surface area contributed by atoms with E-state index in [4.69, 9.17) is 15.3 Å². The minimum Gasteiger partial charge on any atom is -0.660 e. The number of fused-ring (bicyclic) bond motifs is 4. The predicted octanol–water partition coefficient (Wildman–Crippen LogP) is 9.12. The van der Waals surface area contributed by atoms with Crippen molar-refractivity contribution >= 4 is 55.7 Å². The molecule has 5 rings (SSSR count). The summed E-state index contributed by atoms with van der Waals surface area (Å²) in [5, 5.41) is 13.1. The number of hydrogen-bond acceptors (Lipinski definition) is 3. The second-order valence-corrected chi connectivity index (χ2v) is 8.76. The van der Waals surface area contributed by atoms with Crippen LogP contribution in [0, 0.1) is 0 Å². The quantitative estimate of drug-likeness (QED) is 0.289. The molecule has 0 aliphatic carbocycles. The van der Waals surface area contributed by atoms with E-state index >= 15 is 0 Å². The van der Waals surface area contributed by atoms with Crippen molar-refractivity contribution in [1.29, 1.82) is 0 Å². The molecular formula is C30H27N4-. The zero-order valence-electron chi connectivity index (χ0n) is 19.9. The van der Waals surface area contributed by atoms with Crippen LogP contribution in [0.5, 0.6) is 0 Å². The SMILES string of the molecule is CC1=Nc2cc3ccccc3cc2N=C(C)/C=C(\C)Nc2cc3ccccc3cc2[N-]/C(C)=C\1. The summed E-state index contributed by atoms with van der Waals surface area (Å²) >= 11 is 0. The summed E-state index contributed by atoms with van der Waals surface area (Å²) in [5.41, 5.74) is 7.22. The molecule has 0 radical (unpaired) electrons. The van der Waals surface area contributed by atoms with Gasteiger partial charge in [-0.3, -0.25) is 9.98 Å². The molecule has 4 nitrogen and oxygen atoms in total. The Morgan fingerprint density at radius 1 is 0.618 bits per heavy atom. The minimum atomic E-state index is 0.849. The lowest BCUT2D eigenvalue weighted by Crippen LogP contribution is -2.00. The Balaban J connectivity index is 1.69. The molecule has 1 aliphatic heterocycles. The summed E-state index contributed by atoms with van der Waals surface area (Å²) in [6.07, 6.45) is 4.08. The first-order valence-electron chi connectivity index (χ1n) is 11.5. The van der Waals surface area contributed by atoms with Gasteiger partial charge in [0.05, 0.1) is 11.4 Å². The highest BCUT2D eigenvalue weighted by Gasteiger charge is 2.06. The number of anilines is 1. The number of hydrogen-bond donors (Lipinski definition) is 1. The normalized spacial score (nSPS) is 17.5. The van der Waals surface area contributed by atoms with Crippen LogP contribution < -0.4 is 5.32 Å². The van der Waals surface area contributed by atoms with Gasteiger partial charge in [0.15, 0.2) is 0 Å². The Morgan fingerprint density at radius 3 is 1.71 bits per heavy atom. The Morgan fingerprint density at radius 2 is 1.12 bits per heavy atom. The average Bonchev–Trinajstić information content (AvgIpc) is 2.79. The van der Waals surface area contributed by atoms with Crippen molar-refractivity contribution in [3.63, 3.8) is 0 Å². The van der Waals surface area contributed by atoms with E-state index < -0.39 is 0 Å². The van der Waals surface area contributed by atoms with Gasteiger partial charge in [0.1, 0.15) is 0 Å². The van der Waals surface area contributed by atoms with E-state index in [-0.39, 0.29) is 0 Å². The van der Waals surface area contributed by atoms with Crippen LogP contribution in [0.15, 0.2) is 106 Å². The maximum Gasteiger partial charge on any atom is 0.0895 e. The second kappa shape index (κ2) is 8.99.